The molecule has 0 aliphatic carbocycles. The number of amides is 1. The average molecular weight is 727 g/mol. The lowest BCUT2D eigenvalue weighted by Crippen LogP contribution is -2.40. The van der Waals surface area contributed by atoms with Crippen LogP contribution in [-0.4, -0.2) is 49.6 Å². The van der Waals surface area contributed by atoms with E-state index in [2.05, 4.69) is 53.3 Å². The van der Waals surface area contributed by atoms with Crippen molar-refractivity contribution in [3.05, 3.63) is 69.7 Å². The number of rotatable bonds is 6. The Balaban J connectivity index is 0.000000277. The van der Waals surface area contributed by atoms with Gasteiger partial charge in [0, 0.05) is 32.3 Å². The lowest BCUT2D eigenvalue weighted by molar-refractivity contribution is -0.141. The van der Waals surface area contributed by atoms with Gasteiger partial charge in [0.05, 0.1) is 18.0 Å². The van der Waals surface area contributed by atoms with Gasteiger partial charge in [-0.2, -0.15) is 0 Å². The highest BCUT2D eigenvalue weighted by Crippen LogP contribution is 2.18. The zero-order chi connectivity index (χ0) is 25.5. The second kappa shape index (κ2) is 18.1. The lowest BCUT2D eigenvalue weighted by Gasteiger charge is -2.29. The van der Waals surface area contributed by atoms with Crippen molar-refractivity contribution in [1.82, 2.24) is 10.5 Å². The molecular formula is C22H24Br3Cl3N2O4. The van der Waals surface area contributed by atoms with E-state index in [9.17, 15) is 9.59 Å². The minimum Gasteiger partial charge on any atom is -0.316 e. The van der Waals surface area contributed by atoms with E-state index in [0.717, 1.165) is 23.7 Å². The summed E-state index contributed by atoms with van der Waals surface area (Å²) in [5.74, 6) is -0.124. The van der Waals surface area contributed by atoms with Crippen molar-refractivity contribution in [1.29, 1.82) is 0 Å². The van der Waals surface area contributed by atoms with Crippen molar-refractivity contribution < 1.29 is 19.6 Å². The molecule has 0 radical (unpaired) electrons. The van der Waals surface area contributed by atoms with Gasteiger partial charge in [0.25, 0.3) is 5.91 Å². The van der Waals surface area contributed by atoms with Crippen LogP contribution in [0.4, 0.5) is 0 Å². The number of nitrogens with one attached hydrogen (secondary N) is 1. The highest BCUT2D eigenvalue weighted by molar-refractivity contribution is 9.10. The third-order valence-corrected chi connectivity index (χ3v) is 7.27. The first-order valence-electron chi connectivity index (χ1n) is 10.0. The number of hydrogen-bond donors (Lipinski definition) is 2. The van der Waals surface area contributed by atoms with Gasteiger partial charge in [0.15, 0.2) is 0 Å². The van der Waals surface area contributed by atoms with Gasteiger partial charge >= 0.3 is 0 Å². The Morgan fingerprint density at radius 3 is 2.12 bits per heavy atom. The first kappa shape index (κ1) is 31.8. The number of alkyl halides is 3. The topological polar surface area (TPSA) is 78.9 Å². The highest BCUT2D eigenvalue weighted by atomic mass is 79.9. The highest BCUT2D eigenvalue weighted by Gasteiger charge is 2.24. The van der Waals surface area contributed by atoms with E-state index in [1.165, 1.54) is 5.06 Å². The quantitative estimate of drug-likeness (QED) is 0.191. The minimum atomic E-state index is -0.329. The van der Waals surface area contributed by atoms with E-state index in [1.54, 1.807) is 36.4 Å². The summed E-state index contributed by atoms with van der Waals surface area (Å²) in [7, 11) is 0. The van der Waals surface area contributed by atoms with E-state index < -0.39 is 0 Å². The predicted octanol–water partition coefficient (Wildman–Crippen LogP) is 7.00. The molecule has 188 valence electrons. The van der Waals surface area contributed by atoms with Crippen LogP contribution in [0.15, 0.2) is 48.5 Å². The molecule has 2 N–H and O–H groups in total. The molecule has 2 unspecified atom stereocenters. The molecule has 0 aromatic heterocycles. The third-order valence-electron chi connectivity index (χ3n) is 4.17. The maximum absolute atomic E-state index is 12.0. The third kappa shape index (κ3) is 13.2. The summed E-state index contributed by atoms with van der Waals surface area (Å²) in [5, 5.41) is 11.5. The molecule has 0 bridgehead atoms. The number of nitrogens with zero attached hydrogens (tertiary/aromatic N) is 1. The van der Waals surface area contributed by atoms with Crippen molar-refractivity contribution in [2.24, 2.45) is 0 Å². The van der Waals surface area contributed by atoms with Gasteiger partial charge in [-0.1, -0.05) is 83.1 Å². The van der Waals surface area contributed by atoms with Gasteiger partial charge in [-0.05, 0) is 66.4 Å². The molecule has 1 saturated heterocycles. The van der Waals surface area contributed by atoms with Crippen molar-refractivity contribution in [3.63, 3.8) is 0 Å². The maximum atomic E-state index is 12.0. The van der Waals surface area contributed by atoms with Gasteiger partial charge in [-0.25, -0.2) is 10.5 Å². The number of carbonyl (C=O) groups is 2. The summed E-state index contributed by atoms with van der Waals surface area (Å²) >= 11 is 26.2. The smallest absolute Gasteiger partial charge is 0.277 e. The van der Waals surface area contributed by atoms with Crippen LogP contribution in [-0.2, 0) is 16.2 Å². The molecule has 2 atom stereocenters. The van der Waals surface area contributed by atoms with Crippen LogP contribution in [0.1, 0.15) is 28.8 Å². The molecule has 12 heteroatoms. The lowest BCUT2D eigenvalue weighted by atomic mass is 10.2. The van der Waals surface area contributed by atoms with Crippen LogP contribution in [0.5, 0.6) is 0 Å². The van der Waals surface area contributed by atoms with Crippen LogP contribution in [0, 0.1) is 0 Å². The van der Waals surface area contributed by atoms with Gasteiger partial charge in [-0.15, -0.1) is 0 Å². The first-order valence-corrected chi connectivity index (χ1v) is 14.1. The van der Waals surface area contributed by atoms with Crippen LogP contribution in [0.3, 0.4) is 0 Å². The molecule has 6 nitrogen and oxygen atoms in total. The second-order valence-electron chi connectivity index (χ2n) is 6.80. The fourth-order valence-corrected chi connectivity index (χ4v) is 4.51. The molecule has 1 aliphatic rings. The summed E-state index contributed by atoms with van der Waals surface area (Å²) in [6.07, 6.45) is 1.66. The normalized spacial score (nSPS) is 15.9. The summed E-state index contributed by atoms with van der Waals surface area (Å²) in [6.45, 7) is 1.59. The molecule has 1 amide bonds. The van der Waals surface area contributed by atoms with Gasteiger partial charge in [0.2, 0.25) is 5.24 Å². The summed E-state index contributed by atoms with van der Waals surface area (Å²) in [5.41, 5.74) is 3.66. The summed E-state index contributed by atoms with van der Waals surface area (Å²) in [4.78, 5) is 27.7. The van der Waals surface area contributed by atoms with E-state index >= 15 is 0 Å². The first-order chi connectivity index (χ1) is 16.2. The van der Waals surface area contributed by atoms with E-state index in [0.29, 0.717) is 40.1 Å². The van der Waals surface area contributed by atoms with E-state index in [-0.39, 0.29) is 16.0 Å². The van der Waals surface area contributed by atoms with Crippen molar-refractivity contribution >= 4 is 93.7 Å². The van der Waals surface area contributed by atoms with Crippen LogP contribution < -0.4 is 5.48 Å². The zero-order valence-electron chi connectivity index (χ0n) is 17.9. The van der Waals surface area contributed by atoms with E-state index in [1.807, 2.05) is 12.1 Å². The number of hydrogen-bond acceptors (Lipinski definition) is 5. The largest absolute Gasteiger partial charge is 0.316 e. The molecule has 1 heterocycles. The SMILES string of the molecule is O=C(Cl)C(Br)CCBr.O=C(c1ccc(Cl)cc1)N1CC(Br)CCO1.ONCc1ccc(Cl)cc1. The Hall–Kier alpha value is -0.230. The van der Waals surface area contributed by atoms with E-state index in [4.69, 9.17) is 44.8 Å². The van der Waals surface area contributed by atoms with Crippen molar-refractivity contribution in [3.8, 4) is 0 Å². The maximum Gasteiger partial charge on any atom is 0.277 e. The van der Waals surface area contributed by atoms with Crippen molar-refractivity contribution in [2.75, 3.05) is 18.5 Å². The van der Waals surface area contributed by atoms with Crippen LogP contribution in [0.25, 0.3) is 0 Å². The Morgan fingerprint density at radius 1 is 1.12 bits per heavy atom. The molecular weight excluding hydrogens is 702 g/mol. The monoisotopic (exact) mass is 722 g/mol. The number of carbonyl (C=O) groups excluding carboxylic acids is 2. The number of halogens is 6. The minimum absolute atomic E-state index is 0.124. The summed E-state index contributed by atoms with van der Waals surface area (Å²) in [6, 6.07) is 14.1. The molecule has 2 aromatic rings. The zero-order valence-corrected chi connectivity index (χ0v) is 24.9. The summed E-state index contributed by atoms with van der Waals surface area (Å²) < 4.78 is 0. The molecule has 0 saturated carbocycles. The number of benzene rings is 2. The molecule has 1 fully saturated rings. The molecule has 2 aromatic carbocycles. The second-order valence-corrected chi connectivity index (χ2v) is 11.2. The van der Waals surface area contributed by atoms with Gasteiger partial charge in [0.1, 0.15) is 0 Å². The predicted molar refractivity (Wildman–Crippen MR) is 148 cm³/mol. The number of hydroxylamine groups is 3. The molecule has 0 spiro atoms. The Bertz CT molecular complexity index is 877. The average Bonchev–Trinajstić information content (AvgIpc) is 2.82. The standard InChI is InChI=1S/C11H11BrClNO2.C7H8ClNO.C4H5Br2ClO/c12-9-5-6-16-14(7-9)11(15)8-1-3-10(13)4-2-8;8-7-3-1-6(2-4-7)5-9-10;5-2-1-3(6)4(7)8/h1-4,9H,5-7H2;1-4,9-10H,5H2;3H,1-2H2. The Morgan fingerprint density at radius 2 is 1.68 bits per heavy atom. The Kier molecular flexibility index (Phi) is 16.9. The van der Waals surface area contributed by atoms with Crippen LogP contribution >= 0.6 is 82.6 Å². The fraction of sp³-hybridized carbons (Fsp3) is 0.364. The molecule has 1 aliphatic heterocycles. The van der Waals surface area contributed by atoms with Crippen LogP contribution in [0.2, 0.25) is 10.0 Å². The van der Waals surface area contributed by atoms with Gasteiger partial charge < -0.3 is 5.21 Å². The Labute approximate surface area is 239 Å². The van der Waals surface area contributed by atoms with Gasteiger partial charge in [-0.3, -0.25) is 14.4 Å². The fourth-order valence-electron chi connectivity index (χ4n) is 2.40. The molecule has 34 heavy (non-hydrogen) atoms. The molecule has 3 rings (SSSR count). The van der Waals surface area contributed by atoms with Crippen molar-refractivity contribution in [2.45, 2.75) is 29.0 Å².